The van der Waals surface area contributed by atoms with Gasteiger partial charge in [-0.15, -0.1) is 11.8 Å². The molecule has 2 aromatic rings. The summed E-state index contributed by atoms with van der Waals surface area (Å²) in [6.45, 7) is 1.91. The Morgan fingerprint density at radius 3 is 1.86 bits per heavy atom. The van der Waals surface area contributed by atoms with Gasteiger partial charge in [0.05, 0.1) is 11.5 Å². The fraction of sp³-hybridized carbons (Fsp3) is 0.250. The third-order valence-corrected chi connectivity index (χ3v) is 4.41. The maximum absolute atomic E-state index is 12.1. The first-order valence-corrected chi connectivity index (χ1v) is 9.74. The lowest BCUT2D eigenvalue weighted by Gasteiger charge is -2.09. The molecule has 28 heavy (non-hydrogen) atoms. The molecule has 0 saturated carbocycles. The van der Waals surface area contributed by atoms with Crippen molar-refractivity contribution in [1.82, 2.24) is 0 Å². The zero-order valence-electron chi connectivity index (χ0n) is 15.8. The first-order chi connectivity index (χ1) is 13.5. The van der Waals surface area contributed by atoms with E-state index in [2.05, 4.69) is 16.0 Å². The number of thioether (sulfide) groups is 1. The molecule has 148 valence electrons. The summed E-state index contributed by atoms with van der Waals surface area (Å²) in [6, 6.07) is 14.3. The van der Waals surface area contributed by atoms with Gasteiger partial charge in [0.1, 0.15) is 6.61 Å². The van der Waals surface area contributed by atoms with Gasteiger partial charge in [-0.2, -0.15) is 0 Å². The molecule has 0 heterocycles. The van der Waals surface area contributed by atoms with Gasteiger partial charge < -0.3 is 20.7 Å². The highest BCUT2D eigenvalue weighted by atomic mass is 32.2. The predicted molar refractivity (Wildman–Crippen MR) is 113 cm³/mol. The highest BCUT2D eigenvalue weighted by Crippen LogP contribution is 2.16. The summed E-state index contributed by atoms with van der Waals surface area (Å²) >= 11 is 1.22. The summed E-state index contributed by atoms with van der Waals surface area (Å²) < 4.78 is 4.76. The average molecular weight is 401 g/mol. The molecule has 7 nitrogen and oxygen atoms in total. The third kappa shape index (κ3) is 7.81. The molecule has 8 heteroatoms. The number of aryl methyl sites for hydroxylation is 1. The number of carbonyl (C=O) groups is 3. The maximum atomic E-state index is 12.1. The van der Waals surface area contributed by atoms with Crippen LogP contribution in [-0.4, -0.2) is 42.9 Å². The number of hydrogen-bond donors (Lipinski definition) is 3. The number of benzene rings is 2. The molecular weight excluding hydrogens is 378 g/mol. The molecule has 0 atom stereocenters. The van der Waals surface area contributed by atoms with Crippen molar-refractivity contribution in [2.75, 3.05) is 41.2 Å². The fourth-order valence-electron chi connectivity index (χ4n) is 2.36. The Kier molecular flexibility index (Phi) is 8.51. The fourth-order valence-corrected chi connectivity index (χ4v) is 2.97. The van der Waals surface area contributed by atoms with E-state index in [0.29, 0.717) is 11.4 Å². The van der Waals surface area contributed by atoms with E-state index in [9.17, 15) is 14.4 Å². The molecule has 0 spiro atoms. The van der Waals surface area contributed by atoms with Crippen LogP contribution < -0.4 is 16.0 Å². The minimum Gasteiger partial charge on any atom is -0.375 e. The second-order valence-corrected chi connectivity index (χ2v) is 7.01. The summed E-state index contributed by atoms with van der Waals surface area (Å²) in [7, 11) is 1.44. The smallest absolute Gasteiger partial charge is 0.250 e. The SMILES string of the molecule is COCC(=O)Nc1cccc(NC(=O)CSCC(=O)Nc2cccc(C)c2)c1. The zero-order chi connectivity index (χ0) is 20.4. The third-order valence-electron chi connectivity index (χ3n) is 3.47. The van der Waals surface area contributed by atoms with Gasteiger partial charge in [0.25, 0.3) is 0 Å². The van der Waals surface area contributed by atoms with Crippen LogP contribution in [0.1, 0.15) is 5.56 Å². The van der Waals surface area contributed by atoms with Gasteiger partial charge in [0.15, 0.2) is 0 Å². The Morgan fingerprint density at radius 2 is 1.32 bits per heavy atom. The lowest BCUT2D eigenvalue weighted by molar-refractivity contribution is -0.119. The van der Waals surface area contributed by atoms with Gasteiger partial charge in [-0.05, 0) is 42.8 Å². The second-order valence-electron chi connectivity index (χ2n) is 6.02. The molecule has 0 radical (unpaired) electrons. The number of ether oxygens (including phenoxy) is 1. The highest BCUT2D eigenvalue weighted by Gasteiger charge is 2.08. The van der Waals surface area contributed by atoms with E-state index in [1.54, 1.807) is 24.3 Å². The number of hydrogen-bond acceptors (Lipinski definition) is 5. The predicted octanol–water partition coefficient (Wildman–Crippen LogP) is 2.89. The number of nitrogens with one attached hydrogen (secondary N) is 3. The van der Waals surface area contributed by atoms with Crippen LogP contribution in [0.3, 0.4) is 0 Å². The van der Waals surface area contributed by atoms with Gasteiger partial charge in [0, 0.05) is 24.2 Å². The van der Waals surface area contributed by atoms with Crippen LogP contribution in [0.25, 0.3) is 0 Å². The quantitative estimate of drug-likeness (QED) is 0.600. The molecule has 3 amide bonds. The van der Waals surface area contributed by atoms with Crippen molar-refractivity contribution in [3.63, 3.8) is 0 Å². The standard InChI is InChI=1S/C20H23N3O4S/c1-14-5-3-6-15(9-14)22-19(25)12-28-13-20(26)23-17-8-4-7-16(10-17)21-18(24)11-27-2/h3-10H,11-13H2,1-2H3,(H,21,24)(H,22,25)(H,23,26). The van der Waals surface area contributed by atoms with Gasteiger partial charge in [-0.3, -0.25) is 14.4 Å². The van der Waals surface area contributed by atoms with Crippen LogP contribution >= 0.6 is 11.8 Å². The first kappa shape index (κ1) is 21.5. The molecule has 0 saturated heterocycles. The molecular formula is C20H23N3O4S. The minimum absolute atomic E-state index is 0.0438. The van der Waals surface area contributed by atoms with Crippen LogP contribution in [0, 0.1) is 6.92 Å². The van der Waals surface area contributed by atoms with E-state index in [1.165, 1.54) is 18.9 Å². The molecule has 0 bridgehead atoms. The summed E-state index contributed by atoms with van der Waals surface area (Å²) in [6.07, 6.45) is 0. The average Bonchev–Trinajstić information content (AvgIpc) is 2.62. The maximum Gasteiger partial charge on any atom is 0.250 e. The molecule has 0 unspecified atom stereocenters. The van der Waals surface area contributed by atoms with E-state index < -0.39 is 0 Å². The number of rotatable bonds is 9. The van der Waals surface area contributed by atoms with Gasteiger partial charge in [-0.25, -0.2) is 0 Å². The number of amides is 3. The van der Waals surface area contributed by atoms with Crippen molar-refractivity contribution in [2.45, 2.75) is 6.92 Å². The Bertz CT molecular complexity index is 842. The van der Waals surface area contributed by atoms with Crippen molar-refractivity contribution in [3.8, 4) is 0 Å². The number of anilines is 3. The Balaban J connectivity index is 1.75. The second kappa shape index (κ2) is 11.1. The van der Waals surface area contributed by atoms with Crippen LogP contribution in [-0.2, 0) is 19.1 Å². The monoisotopic (exact) mass is 401 g/mol. The van der Waals surface area contributed by atoms with Gasteiger partial charge in [0.2, 0.25) is 17.7 Å². The summed E-state index contributed by atoms with van der Waals surface area (Å²) in [5.74, 6) is -0.350. The van der Waals surface area contributed by atoms with Crippen LogP contribution in [0.4, 0.5) is 17.1 Å². The molecule has 2 rings (SSSR count). The first-order valence-electron chi connectivity index (χ1n) is 8.59. The van der Waals surface area contributed by atoms with E-state index in [0.717, 1.165) is 11.3 Å². The van der Waals surface area contributed by atoms with E-state index in [-0.39, 0.29) is 35.8 Å². The molecule has 2 aromatic carbocycles. The van der Waals surface area contributed by atoms with Crippen molar-refractivity contribution >= 4 is 46.5 Å². The van der Waals surface area contributed by atoms with Crippen molar-refractivity contribution in [3.05, 3.63) is 54.1 Å². The van der Waals surface area contributed by atoms with E-state index in [1.807, 2.05) is 31.2 Å². The largest absolute Gasteiger partial charge is 0.375 e. The zero-order valence-corrected chi connectivity index (χ0v) is 16.6. The van der Waals surface area contributed by atoms with Crippen molar-refractivity contribution in [1.29, 1.82) is 0 Å². The molecule has 0 aliphatic heterocycles. The Labute approximate surface area is 168 Å². The molecule has 0 fully saturated rings. The summed E-state index contributed by atoms with van der Waals surface area (Å²) in [4.78, 5) is 35.5. The minimum atomic E-state index is -0.277. The molecule has 3 N–H and O–H groups in total. The van der Waals surface area contributed by atoms with E-state index in [4.69, 9.17) is 4.74 Å². The van der Waals surface area contributed by atoms with Crippen LogP contribution in [0.5, 0.6) is 0 Å². The summed E-state index contributed by atoms with van der Waals surface area (Å²) in [5.41, 5.74) is 2.92. The van der Waals surface area contributed by atoms with E-state index >= 15 is 0 Å². The van der Waals surface area contributed by atoms with Crippen LogP contribution in [0.15, 0.2) is 48.5 Å². The number of carbonyl (C=O) groups excluding carboxylic acids is 3. The summed E-state index contributed by atoms with van der Waals surface area (Å²) in [5, 5.41) is 8.21. The van der Waals surface area contributed by atoms with Gasteiger partial charge >= 0.3 is 0 Å². The Morgan fingerprint density at radius 1 is 0.821 bits per heavy atom. The molecule has 0 aromatic heterocycles. The lowest BCUT2D eigenvalue weighted by atomic mass is 10.2. The lowest BCUT2D eigenvalue weighted by Crippen LogP contribution is -2.19. The van der Waals surface area contributed by atoms with Crippen molar-refractivity contribution < 1.29 is 19.1 Å². The van der Waals surface area contributed by atoms with Crippen LogP contribution in [0.2, 0.25) is 0 Å². The number of methoxy groups -OCH3 is 1. The Hall–Kier alpha value is -2.84. The molecule has 0 aliphatic carbocycles. The molecule has 0 aliphatic rings. The highest BCUT2D eigenvalue weighted by molar-refractivity contribution is 8.00. The normalized spacial score (nSPS) is 10.2. The van der Waals surface area contributed by atoms with Crippen molar-refractivity contribution in [2.24, 2.45) is 0 Å². The van der Waals surface area contributed by atoms with Gasteiger partial charge in [-0.1, -0.05) is 18.2 Å². The topological polar surface area (TPSA) is 96.5 Å².